The molecule has 0 saturated carbocycles. The van der Waals surface area contributed by atoms with Gasteiger partial charge in [-0.05, 0) is 33.1 Å². The van der Waals surface area contributed by atoms with Crippen LogP contribution in [0, 0.1) is 11.3 Å². The minimum absolute atomic E-state index is 0.0652. The van der Waals surface area contributed by atoms with Crippen molar-refractivity contribution in [1.29, 1.82) is 0 Å². The molecule has 2 heterocycles. The number of hydrogen-bond donors (Lipinski definition) is 1. The number of aliphatic imine (C=N–C) groups is 1. The molecular formula is C15H29N3O2S. The summed E-state index contributed by atoms with van der Waals surface area (Å²) in [6.45, 7) is 13.5. The number of likely N-dealkylation sites (tertiary alicyclic amines) is 1. The topological polar surface area (TPSA) is 61.8 Å². The van der Waals surface area contributed by atoms with Crippen molar-refractivity contribution in [2.75, 3.05) is 31.1 Å². The first-order chi connectivity index (χ1) is 9.59. The molecule has 2 aliphatic heterocycles. The van der Waals surface area contributed by atoms with E-state index < -0.39 is 9.84 Å². The fourth-order valence-electron chi connectivity index (χ4n) is 3.03. The van der Waals surface area contributed by atoms with Crippen LogP contribution >= 0.6 is 0 Å². The second-order valence-corrected chi connectivity index (χ2v) is 9.72. The van der Waals surface area contributed by atoms with Gasteiger partial charge >= 0.3 is 0 Å². The molecule has 2 rings (SSSR count). The zero-order chi connectivity index (χ0) is 15.9. The van der Waals surface area contributed by atoms with E-state index in [9.17, 15) is 8.42 Å². The molecule has 0 amide bonds. The Labute approximate surface area is 129 Å². The maximum absolute atomic E-state index is 11.5. The Morgan fingerprint density at radius 2 is 2.00 bits per heavy atom. The summed E-state index contributed by atoms with van der Waals surface area (Å²) in [4.78, 5) is 7.02. The van der Waals surface area contributed by atoms with E-state index in [1.54, 1.807) is 0 Å². The molecule has 0 aromatic heterocycles. The molecule has 0 bridgehead atoms. The van der Waals surface area contributed by atoms with Gasteiger partial charge in [0.25, 0.3) is 0 Å². The van der Waals surface area contributed by atoms with Crippen LogP contribution in [0.25, 0.3) is 0 Å². The molecule has 1 unspecified atom stereocenters. The summed E-state index contributed by atoms with van der Waals surface area (Å²) in [6.07, 6.45) is 0.750. The third-order valence-electron chi connectivity index (χ3n) is 5.30. The highest BCUT2D eigenvalue weighted by Gasteiger charge is 2.53. The molecule has 2 saturated heterocycles. The molecule has 122 valence electrons. The van der Waals surface area contributed by atoms with Crippen LogP contribution in [-0.4, -0.2) is 56.0 Å². The van der Waals surface area contributed by atoms with E-state index in [1.165, 1.54) is 0 Å². The fraction of sp³-hybridized carbons (Fsp3) is 0.933. The Balaban J connectivity index is 2.05. The van der Waals surface area contributed by atoms with Crippen molar-refractivity contribution >= 4 is 15.8 Å². The predicted molar refractivity (Wildman–Crippen MR) is 87.3 cm³/mol. The molecule has 6 heteroatoms. The van der Waals surface area contributed by atoms with Crippen molar-refractivity contribution < 1.29 is 8.42 Å². The highest BCUT2D eigenvalue weighted by Crippen LogP contribution is 2.46. The van der Waals surface area contributed by atoms with Gasteiger partial charge in [-0.3, -0.25) is 4.99 Å². The molecule has 5 nitrogen and oxygen atoms in total. The summed E-state index contributed by atoms with van der Waals surface area (Å²) >= 11 is 0. The Morgan fingerprint density at radius 3 is 2.43 bits per heavy atom. The van der Waals surface area contributed by atoms with Gasteiger partial charge in [0.15, 0.2) is 15.8 Å². The third-order valence-corrected chi connectivity index (χ3v) is 7.14. The van der Waals surface area contributed by atoms with Crippen molar-refractivity contribution in [2.45, 2.75) is 46.6 Å². The molecule has 0 aliphatic carbocycles. The second-order valence-electron chi connectivity index (χ2n) is 7.49. The molecule has 0 spiro atoms. The van der Waals surface area contributed by atoms with Crippen LogP contribution in [0.5, 0.6) is 0 Å². The standard InChI is InChI=1S/C15H29N3O2S/c1-6-16-13(18-11-14(2,3)15(18,4)5)17-9-12-7-8-21(19,20)10-12/h12H,6-11H2,1-5H3,(H,16,17). The number of nitrogens with one attached hydrogen (secondary N) is 1. The van der Waals surface area contributed by atoms with E-state index in [1.807, 2.05) is 0 Å². The average Bonchev–Trinajstić information content (AvgIpc) is 2.71. The van der Waals surface area contributed by atoms with Crippen LogP contribution in [0.4, 0.5) is 0 Å². The van der Waals surface area contributed by atoms with Crippen LogP contribution in [0.2, 0.25) is 0 Å². The van der Waals surface area contributed by atoms with Gasteiger partial charge in [0.2, 0.25) is 0 Å². The molecule has 2 fully saturated rings. The van der Waals surface area contributed by atoms with Gasteiger partial charge in [-0.1, -0.05) is 13.8 Å². The zero-order valence-corrected chi connectivity index (χ0v) is 14.8. The van der Waals surface area contributed by atoms with E-state index in [0.717, 1.165) is 25.5 Å². The van der Waals surface area contributed by atoms with Gasteiger partial charge in [0.1, 0.15) is 0 Å². The molecule has 1 atom stereocenters. The van der Waals surface area contributed by atoms with Gasteiger partial charge in [-0.2, -0.15) is 0 Å². The Kier molecular flexibility index (Phi) is 4.30. The van der Waals surface area contributed by atoms with Gasteiger partial charge < -0.3 is 10.2 Å². The van der Waals surface area contributed by atoms with E-state index >= 15 is 0 Å². The van der Waals surface area contributed by atoms with E-state index in [2.05, 4.69) is 44.8 Å². The lowest BCUT2D eigenvalue weighted by molar-refractivity contribution is -0.0667. The smallest absolute Gasteiger partial charge is 0.194 e. The van der Waals surface area contributed by atoms with Gasteiger partial charge in [0, 0.05) is 30.6 Å². The summed E-state index contributed by atoms with van der Waals surface area (Å²) in [5, 5.41) is 3.35. The lowest BCUT2D eigenvalue weighted by atomic mass is 9.65. The summed E-state index contributed by atoms with van der Waals surface area (Å²) < 4.78 is 23.1. The lowest BCUT2D eigenvalue weighted by Gasteiger charge is -2.62. The maximum Gasteiger partial charge on any atom is 0.194 e. The molecular weight excluding hydrogens is 286 g/mol. The largest absolute Gasteiger partial charge is 0.356 e. The summed E-state index contributed by atoms with van der Waals surface area (Å²) in [5.74, 6) is 1.73. The van der Waals surface area contributed by atoms with Gasteiger partial charge in [-0.25, -0.2) is 8.42 Å². The molecule has 0 radical (unpaired) electrons. The maximum atomic E-state index is 11.5. The predicted octanol–water partition coefficient (Wildman–Crippen LogP) is 1.51. The fourth-order valence-corrected chi connectivity index (χ4v) is 4.88. The zero-order valence-electron chi connectivity index (χ0n) is 13.9. The van der Waals surface area contributed by atoms with Crippen molar-refractivity contribution in [2.24, 2.45) is 16.3 Å². The lowest BCUT2D eigenvalue weighted by Crippen LogP contribution is -2.72. The third kappa shape index (κ3) is 3.20. The second kappa shape index (κ2) is 5.45. The first kappa shape index (κ1) is 16.6. The van der Waals surface area contributed by atoms with Crippen LogP contribution in [0.3, 0.4) is 0 Å². The van der Waals surface area contributed by atoms with Crippen molar-refractivity contribution in [3.8, 4) is 0 Å². The van der Waals surface area contributed by atoms with Crippen molar-refractivity contribution in [1.82, 2.24) is 10.2 Å². The molecule has 0 aromatic carbocycles. The number of hydrogen-bond acceptors (Lipinski definition) is 3. The Hall–Kier alpha value is -0.780. The van der Waals surface area contributed by atoms with Gasteiger partial charge in [-0.15, -0.1) is 0 Å². The number of rotatable bonds is 3. The summed E-state index contributed by atoms with van der Waals surface area (Å²) in [6, 6.07) is 0. The normalized spacial score (nSPS) is 30.0. The minimum Gasteiger partial charge on any atom is -0.356 e. The van der Waals surface area contributed by atoms with Crippen LogP contribution < -0.4 is 5.32 Å². The first-order valence-corrected chi connectivity index (χ1v) is 9.67. The molecule has 2 aliphatic rings. The summed E-state index contributed by atoms with van der Waals surface area (Å²) in [7, 11) is -2.81. The van der Waals surface area contributed by atoms with E-state index in [4.69, 9.17) is 4.99 Å². The van der Waals surface area contributed by atoms with E-state index in [-0.39, 0.29) is 16.9 Å². The molecule has 1 N–H and O–H groups in total. The van der Waals surface area contributed by atoms with Crippen LogP contribution in [-0.2, 0) is 9.84 Å². The quantitative estimate of drug-likeness (QED) is 0.633. The summed E-state index contributed by atoms with van der Waals surface area (Å²) in [5.41, 5.74) is 0.329. The van der Waals surface area contributed by atoms with Crippen molar-refractivity contribution in [3.63, 3.8) is 0 Å². The first-order valence-electron chi connectivity index (χ1n) is 7.85. The Morgan fingerprint density at radius 1 is 1.33 bits per heavy atom. The highest BCUT2D eigenvalue weighted by molar-refractivity contribution is 7.91. The molecule has 0 aromatic rings. The van der Waals surface area contributed by atoms with Crippen LogP contribution in [0.1, 0.15) is 41.0 Å². The van der Waals surface area contributed by atoms with Crippen LogP contribution in [0.15, 0.2) is 4.99 Å². The highest BCUT2D eigenvalue weighted by atomic mass is 32.2. The number of nitrogens with zero attached hydrogens (tertiary/aromatic N) is 2. The average molecular weight is 315 g/mol. The van der Waals surface area contributed by atoms with E-state index in [0.29, 0.717) is 18.1 Å². The minimum atomic E-state index is -2.81. The Bertz CT molecular complexity index is 523. The van der Waals surface area contributed by atoms with Gasteiger partial charge in [0.05, 0.1) is 11.5 Å². The number of sulfone groups is 1. The number of guanidine groups is 1. The molecule has 21 heavy (non-hydrogen) atoms. The van der Waals surface area contributed by atoms with Crippen molar-refractivity contribution in [3.05, 3.63) is 0 Å². The monoisotopic (exact) mass is 315 g/mol. The SMILES string of the molecule is CCNC(=NCC1CCS(=O)(=O)C1)N1CC(C)(C)C1(C)C.